The highest BCUT2D eigenvalue weighted by Gasteiger charge is 2.12. The van der Waals surface area contributed by atoms with Crippen LogP contribution in [0.2, 0.25) is 0 Å². The number of sulfonamides is 1. The minimum atomic E-state index is -3.00. The van der Waals surface area contributed by atoms with Gasteiger partial charge in [0.1, 0.15) is 0 Å². The highest BCUT2D eigenvalue weighted by Crippen LogP contribution is 2.04. The molecule has 1 fully saturated rings. The summed E-state index contributed by atoms with van der Waals surface area (Å²) in [5, 5.41) is 0. The summed E-state index contributed by atoms with van der Waals surface area (Å²) < 4.78 is 23.8. The predicted molar refractivity (Wildman–Crippen MR) is 43.7 cm³/mol. The van der Waals surface area contributed by atoms with Crippen molar-refractivity contribution in [3.8, 4) is 0 Å². The van der Waals surface area contributed by atoms with E-state index in [-0.39, 0.29) is 0 Å². The molecule has 1 saturated heterocycles. The van der Waals surface area contributed by atoms with Crippen LogP contribution in [0.15, 0.2) is 0 Å². The Morgan fingerprint density at radius 2 is 1.91 bits per heavy atom. The molecule has 1 rings (SSSR count). The smallest absolute Gasteiger partial charge is 0.209 e. The summed E-state index contributed by atoms with van der Waals surface area (Å²) in [4.78, 5) is 2.10. The Bertz CT molecular complexity index is 207. The predicted octanol–water partition coefficient (Wildman–Crippen LogP) is -0.411. The lowest BCUT2D eigenvalue weighted by atomic mass is 10.4. The molecule has 0 amide bonds. The fraction of sp³-hybridized carbons (Fsp3) is 1.00. The molecule has 4 nitrogen and oxygen atoms in total. The molecular formula is C6H14N2O2S. The molecule has 1 aliphatic heterocycles. The number of likely N-dealkylation sites (tertiary alicyclic amines) is 1. The SMILES string of the molecule is CS(=O)(=O)NCN1CCCC1. The van der Waals surface area contributed by atoms with E-state index in [1.54, 1.807) is 0 Å². The highest BCUT2D eigenvalue weighted by molar-refractivity contribution is 7.88. The summed E-state index contributed by atoms with van der Waals surface area (Å²) in [5.74, 6) is 0. The van der Waals surface area contributed by atoms with Gasteiger partial charge in [-0.15, -0.1) is 0 Å². The summed E-state index contributed by atoms with van der Waals surface area (Å²) in [6.45, 7) is 2.50. The van der Waals surface area contributed by atoms with Crippen LogP contribution in [0.5, 0.6) is 0 Å². The summed E-state index contributed by atoms with van der Waals surface area (Å²) in [6.07, 6.45) is 3.56. The molecule has 0 aliphatic carbocycles. The molecule has 0 bridgehead atoms. The molecule has 66 valence electrons. The van der Waals surface area contributed by atoms with E-state index in [9.17, 15) is 8.42 Å². The number of rotatable bonds is 3. The number of nitrogens with zero attached hydrogens (tertiary/aromatic N) is 1. The van der Waals surface area contributed by atoms with E-state index >= 15 is 0 Å². The van der Waals surface area contributed by atoms with Crippen LogP contribution < -0.4 is 4.72 Å². The van der Waals surface area contributed by atoms with Crippen LogP contribution in [0.4, 0.5) is 0 Å². The minimum absolute atomic E-state index is 0.471. The first-order chi connectivity index (χ1) is 5.08. The maximum absolute atomic E-state index is 10.7. The lowest BCUT2D eigenvalue weighted by Crippen LogP contribution is -2.35. The normalized spacial score (nSPS) is 20.8. The molecule has 5 heteroatoms. The van der Waals surface area contributed by atoms with E-state index in [1.807, 2.05) is 0 Å². The molecule has 0 aromatic heterocycles. The van der Waals surface area contributed by atoms with Crippen molar-refractivity contribution in [3.63, 3.8) is 0 Å². The molecule has 0 aromatic carbocycles. The van der Waals surface area contributed by atoms with Crippen molar-refractivity contribution in [1.82, 2.24) is 9.62 Å². The first kappa shape index (κ1) is 8.96. The summed E-state index contributed by atoms with van der Waals surface area (Å²) in [6, 6.07) is 0. The summed E-state index contributed by atoms with van der Waals surface area (Å²) >= 11 is 0. The zero-order valence-electron chi connectivity index (χ0n) is 6.71. The van der Waals surface area contributed by atoms with Crippen LogP contribution in [0.25, 0.3) is 0 Å². The Morgan fingerprint density at radius 1 is 1.36 bits per heavy atom. The van der Waals surface area contributed by atoms with Crippen LogP contribution in [-0.2, 0) is 10.0 Å². The third kappa shape index (κ3) is 3.69. The first-order valence-corrected chi connectivity index (χ1v) is 5.64. The van der Waals surface area contributed by atoms with Crippen LogP contribution >= 0.6 is 0 Å². The Morgan fingerprint density at radius 3 is 2.36 bits per heavy atom. The lowest BCUT2D eigenvalue weighted by Gasteiger charge is -2.13. The largest absolute Gasteiger partial charge is 0.290 e. The topological polar surface area (TPSA) is 49.4 Å². The van der Waals surface area contributed by atoms with Crippen LogP contribution in [0.1, 0.15) is 12.8 Å². The second-order valence-electron chi connectivity index (χ2n) is 2.90. The standard InChI is InChI=1S/C6H14N2O2S/c1-11(9,10)7-6-8-4-2-3-5-8/h7H,2-6H2,1H3. The van der Waals surface area contributed by atoms with E-state index in [2.05, 4.69) is 9.62 Å². The quantitative estimate of drug-likeness (QED) is 0.639. The molecule has 0 aromatic rings. The van der Waals surface area contributed by atoms with E-state index in [4.69, 9.17) is 0 Å². The van der Waals surface area contributed by atoms with Crippen LogP contribution in [-0.4, -0.2) is 39.3 Å². The zero-order chi connectivity index (χ0) is 8.32. The first-order valence-electron chi connectivity index (χ1n) is 3.75. The second-order valence-corrected chi connectivity index (χ2v) is 4.73. The minimum Gasteiger partial charge on any atom is -0.290 e. The van der Waals surface area contributed by atoms with Crippen molar-refractivity contribution in [2.45, 2.75) is 12.8 Å². The van der Waals surface area contributed by atoms with Gasteiger partial charge in [0, 0.05) is 0 Å². The van der Waals surface area contributed by atoms with Crippen molar-refractivity contribution in [1.29, 1.82) is 0 Å². The van der Waals surface area contributed by atoms with Crippen LogP contribution in [0.3, 0.4) is 0 Å². The van der Waals surface area contributed by atoms with Gasteiger partial charge in [-0.1, -0.05) is 0 Å². The average molecular weight is 178 g/mol. The van der Waals surface area contributed by atoms with Gasteiger partial charge in [-0.3, -0.25) is 4.90 Å². The van der Waals surface area contributed by atoms with Gasteiger partial charge in [0.25, 0.3) is 0 Å². The fourth-order valence-corrected chi connectivity index (χ4v) is 1.57. The molecule has 0 spiro atoms. The van der Waals surface area contributed by atoms with Gasteiger partial charge in [-0.05, 0) is 25.9 Å². The highest BCUT2D eigenvalue weighted by atomic mass is 32.2. The zero-order valence-corrected chi connectivity index (χ0v) is 7.52. The average Bonchev–Trinajstić information content (AvgIpc) is 2.32. The van der Waals surface area contributed by atoms with Crippen LogP contribution in [0, 0.1) is 0 Å². The van der Waals surface area contributed by atoms with E-state index in [1.165, 1.54) is 19.1 Å². The number of hydrogen-bond acceptors (Lipinski definition) is 3. The molecule has 1 heterocycles. The van der Waals surface area contributed by atoms with E-state index in [0.717, 1.165) is 13.1 Å². The summed E-state index contributed by atoms with van der Waals surface area (Å²) in [7, 11) is -3.00. The van der Waals surface area contributed by atoms with Gasteiger partial charge < -0.3 is 0 Å². The summed E-state index contributed by atoms with van der Waals surface area (Å²) in [5.41, 5.74) is 0. The van der Waals surface area contributed by atoms with Gasteiger partial charge in [0.2, 0.25) is 10.0 Å². The van der Waals surface area contributed by atoms with Crippen molar-refractivity contribution in [2.75, 3.05) is 26.0 Å². The third-order valence-corrected chi connectivity index (χ3v) is 2.40. The van der Waals surface area contributed by atoms with Gasteiger partial charge in [0.05, 0.1) is 12.9 Å². The maximum Gasteiger partial charge on any atom is 0.209 e. The van der Waals surface area contributed by atoms with Gasteiger partial charge in [-0.25, -0.2) is 13.1 Å². The molecule has 1 N–H and O–H groups in total. The van der Waals surface area contributed by atoms with Crippen molar-refractivity contribution >= 4 is 10.0 Å². The number of nitrogens with one attached hydrogen (secondary N) is 1. The van der Waals surface area contributed by atoms with Crippen molar-refractivity contribution < 1.29 is 8.42 Å². The van der Waals surface area contributed by atoms with Gasteiger partial charge in [-0.2, -0.15) is 0 Å². The molecule has 0 atom stereocenters. The lowest BCUT2D eigenvalue weighted by molar-refractivity contribution is 0.334. The Balaban J connectivity index is 2.22. The van der Waals surface area contributed by atoms with E-state index in [0.29, 0.717) is 6.67 Å². The fourth-order valence-electron chi connectivity index (χ4n) is 1.15. The van der Waals surface area contributed by atoms with Gasteiger partial charge >= 0.3 is 0 Å². The molecule has 0 saturated carbocycles. The Hall–Kier alpha value is -0.130. The second kappa shape index (κ2) is 3.51. The molecule has 0 unspecified atom stereocenters. The number of hydrogen-bond donors (Lipinski definition) is 1. The molecular weight excluding hydrogens is 164 g/mol. The maximum atomic E-state index is 10.7. The Labute approximate surface area is 67.6 Å². The molecule has 0 radical (unpaired) electrons. The van der Waals surface area contributed by atoms with E-state index < -0.39 is 10.0 Å². The van der Waals surface area contributed by atoms with Gasteiger partial charge in [0.15, 0.2) is 0 Å². The van der Waals surface area contributed by atoms with Crippen molar-refractivity contribution in [2.24, 2.45) is 0 Å². The monoisotopic (exact) mass is 178 g/mol. The third-order valence-electron chi connectivity index (χ3n) is 1.75. The van der Waals surface area contributed by atoms with Crippen molar-refractivity contribution in [3.05, 3.63) is 0 Å². The molecule has 1 aliphatic rings. The molecule has 11 heavy (non-hydrogen) atoms. The Kier molecular flexibility index (Phi) is 2.86.